The van der Waals surface area contributed by atoms with E-state index in [0.717, 1.165) is 38.5 Å². The first-order valence-corrected chi connectivity index (χ1v) is 12.1. The van der Waals surface area contributed by atoms with Gasteiger partial charge in [-0.05, 0) is 77.7 Å². The Morgan fingerprint density at radius 1 is 1.18 bits per heavy atom. The first-order chi connectivity index (χ1) is 16.1. The molecule has 1 saturated heterocycles. The molecule has 0 aromatic rings. The molecule has 1 fully saturated rings. The molecule has 2 aliphatic rings. The average Bonchev–Trinajstić information content (AvgIpc) is 3.21. The van der Waals surface area contributed by atoms with Gasteiger partial charge in [0.05, 0.1) is 0 Å². The number of carboxylic acids is 1. The number of aliphatic carboxylic acids is 1. The van der Waals surface area contributed by atoms with Gasteiger partial charge in [-0.25, -0.2) is 0 Å². The summed E-state index contributed by atoms with van der Waals surface area (Å²) in [6.45, 7) is 7.97. The summed E-state index contributed by atoms with van der Waals surface area (Å²) >= 11 is 0. The standard InChI is InChI=1S/C27H37NO6/c1-18(10-6-12-20(3)16-23-25(31)21(4)27(33)34-23)8-5-9-19(2)11-7-13-22-14-15-28(26(22)32)17-24(29)30/h8,11,14,16,20-21H,5-7,9-10,12-13,15,17H2,1-4H3,(H,29,30)/b18-8+,19-11+,23-16-/t20-,21?/m0/s1. The van der Waals surface area contributed by atoms with Crippen molar-refractivity contribution in [1.82, 2.24) is 4.90 Å². The van der Waals surface area contributed by atoms with Gasteiger partial charge in [-0.15, -0.1) is 0 Å². The molecule has 2 aliphatic heterocycles. The summed E-state index contributed by atoms with van der Waals surface area (Å²) < 4.78 is 5.05. The topological polar surface area (TPSA) is 101 Å². The number of ether oxygens (including phenoxy) is 1. The Morgan fingerprint density at radius 2 is 1.85 bits per heavy atom. The van der Waals surface area contributed by atoms with E-state index < -0.39 is 17.9 Å². The second-order valence-corrected chi connectivity index (χ2v) is 9.39. The van der Waals surface area contributed by atoms with Crippen molar-refractivity contribution in [1.29, 1.82) is 0 Å². The van der Waals surface area contributed by atoms with Crippen LogP contribution in [0.3, 0.4) is 0 Å². The molecule has 2 heterocycles. The molecule has 186 valence electrons. The molecule has 0 radical (unpaired) electrons. The van der Waals surface area contributed by atoms with E-state index in [2.05, 4.69) is 26.0 Å². The molecule has 0 aromatic heterocycles. The highest BCUT2D eigenvalue weighted by Crippen LogP contribution is 2.24. The quantitative estimate of drug-likeness (QED) is 0.180. The molecule has 0 saturated carbocycles. The summed E-state index contributed by atoms with van der Waals surface area (Å²) in [5.74, 6) is -2.14. The van der Waals surface area contributed by atoms with Crippen LogP contribution in [0.5, 0.6) is 0 Å². The van der Waals surface area contributed by atoms with Crippen LogP contribution in [-0.2, 0) is 23.9 Å². The van der Waals surface area contributed by atoms with Crippen molar-refractivity contribution in [2.45, 2.75) is 72.6 Å². The van der Waals surface area contributed by atoms with Crippen molar-refractivity contribution >= 4 is 23.6 Å². The zero-order chi connectivity index (χ0) is 25.3. The smallest absolute Gasteiger partial charge is 0.323 e. The fraction of sp³-hybridized carbons (Fsp3) is 0.556. The minimum absolute atomic E-state index is 0.164. The number of rotatable bonds is 13. The van der Waals surface area contributed by atoms with E-state index in [-0.39, 0.29) is 29.9 Å². The fourth-order valence-corrected chi connectivity index (χ4v) is 4.06. The highest BCUT2D eigenvalue weighted by molar-refractivity contribution is 6.12. The summed E-state index contributed by atoms with van der Waals surface area (Å²) in [6, 6.07) is 0. The molecule has 2 atom stereocenters. The maximum absolute atomic E-state index is 12.1. The lowest BCUT2D eigenvalue weighted by atomic mass is 9.98. The molecule has 34 heavy (non-hydrogen) atoms. The largest absolute Gasteiger partial charge is 0.480 e. The average molecular weight is 472 g/mol. The molecule has 0 bridgehead atoms. The van der Waals surface area contributed by atoms with Crippen molar-refractivity contribution < 1.29 is 29.0 Å². The number of ketones is 1. The number of carboxylic acid groups (broad SMARTS) is 1. The van der Waals surface area contributed by atoms with Gasteiger partial charge in [-0.1, -0.05) is 36.3 Å². The summed E-state index contributed by atoms with van der Waals surface area (Å²) in [5.41, 5.74) is 3.32. The lowest BCUT2D eigenvalue weighted by Gasteiger charge is -2.13. The van der Waals surface area contributed by atoms with Gasteiger partial charge in [-0.2, -0.15) is 0 Å². The Hall–Kier alpha value is -2.96. The van der Waals surface area contributed by atoms with Gasteiger partial charge in [0.2, 0.25) is 11.7 Å². The minimum atomic E-state index is -0.989. The zero-order valence-corrected chi connectivity index (χ0v) is 20.8. The number of esters is 1. The Balaban J connectivity index is 1.64. The van der Waals surface area contributed by atoms with E-state index >= 15 is 0 Å². The lowest BCUT2D eigenvalue weighted by molar-refractivity contribution is -0.142. The Labute approximate surface area is 202 Å². The van der Waals surface area contributed by atoms with E-state index in [1.165, 1.54) is 16.0 Å². The van der Waals surface area contributed by atoms with Crippen LogP contribution in [0, 0.1) is 11.8 Å². The van der Waals surface area contributed by atoms with E-state index in [4.69, 9.17) is 9.84 Å². The molecule has 0 aliphatic carbocycles. The molecular weight excluding hydrogens is 434 g/mol. The number of amides is 1. The molecule has 7 heteroatoms. The third-order valence-electron chi connectivity index (χ3n) is 6.25. The highest BCUT2D eigenvalue weighted by atomic mass is 16.5. The number of Topliss-reactive ketones (excluding diaryl/α,β-unsaturated/α-hetero) is 1. The van der Waals surface area contributed by atoms with Crippen molar-refractivity contribution in [3.05, 3.63) is 46.8 Å². The Bertz CT molecular complexity index is 923. The third kappa shape index (κ3) is 8.43. The van der Waals surface area contributed by atoms with Crippen LogP contribution in [0.15, 0.2) is 46.8 Å². The summed E-state index contributed by atoms with van der Waals surface area (Å²) in [6.07, 6.45) is 14.3. The Kier molecular flexibility index (Phi) is 10.5. The van der Waals surface area contributed by atoms with Gasteiger partial charge in [0.25, 0.3) is 0 Å². The SMILES string of the molecule is C/C(=C\CCC1=CCN(CC(=O)O)C1=O)CC/C=C(\C)CCC[C@H](C)/C=C1\OC(=O)C(C)C1=O. The maximum Gasteiger partial charge on any atom is 0.323 e. The van der Waals surface area contributed by atoms with E-state index in [0.29, 0.717) is 18.5 Å². The highest BCUT2D eigenvalue weighted by Gasteiger charge is 2.36. The second-order valence-electron chi connectivity index (χ2n) is 9.39. The zero-order valence-electron chi connectivity index (χ0n) is 20.8. The lowest BCUT2D eigenvalue weighted by Crippen LogP contribution is -2.32. The number of cyclic esters (lactones) is 1. The minimum Gasteiger partial charge on any atom is -0.480 e. The van der Waals surface area contributed by atoms with E-state index in [9.17, 15) is 19.2 Å². The van der Waals surface area contributed by atoms with Gasteiger partial charge in [-0.3, -0.25) is 19.2 Å². The molecular formula is C27H37NO6. The number of hydrogen-bond acceptors (Lipinski definition) is 5. The van der Waals surface area contributed by atoms with Gasteiger partial charge in [0, 0.05) is 12.1 Å². The number of carbonyl (C=O) groups is 4. The molecule has 1 amide bonds. The second kappa shape index (κ2) is 13.1. The Morgan fingerprint density at radius 3 is 2.50 bits per heavy atom. The normalized spacial score (nSPS) is 21.4. The van der Waals surface area contributed by atoms with Gasteiger partial charge in [0.15, 0.2) is 5.76 Å². The van der Waals surface area contributed by atoms with E-state index in [1.54, 1.807) is 13.0 Å². The van der Waals surface area contributed by atoms with Crippen LogP contribution in [0.25, 0.3) is 0 Å². The van der Waals surface area contributed by atoms with Gasteiger partial charge in [0.1, 0.15) is 12.5 Å². The van der Waals surface area contributed by atoms with Crippen molar-refractivity contribution in [3.8, 4) is 0 Å². The van der Waals surface area contributed by atoms with Crippen LogP contribution in [0.4, 0.5) is 0 Å². The fourth-order valence-electron chi connectivity index (χ4n) is 4.06. The molecule has 0 spiro atoms. The van der Waals surface area contributed by atoms with Crippen molar-refractivity contribution in [2.24, 2.45) is 11.8 Å². The molecule has 1 unspecified atom stereocenters. The summed E-state index contributed by atoms with van der Waals surface area (Å²) in [5, 5.41) is 8.84. The first-order valence-electron chi connectivity index (χ1n) is 12.1. The number of allylic oxidation sites excluding steroid dienone is 6. The third-order valence-corrected chi connectivity index (χ3v) is 6.25. The van der Waals surface area contributed by atoms with Crippen molar-refractivity contribution in [2.75, 3.05) is 13.1 Å². The predicted molar refractivity (Wildman–Crippen MR) is 130 cm³/mol. The van der Waals surface area contributed by atoms with Gasteiger partial charge < -0.3 is 14.7 Å². The number of carbonyl (C=O) groups excluding carboxylic acids is 3. The summed E-state index contributed by atoms with van der Waals surface area (Å²) in [4.78, 5) is 47.7. The first kappa shape index (κ1) is 27.3. The molecule has 7 nitrogen and oxygen atoms in total. The molecule has 1 N–H and O–H groups in total. The van der Waals surface area contributed by atoms with Crippen LogP contribution < -0.4 is 0 Å². The molecule has 0 aromatic carbocycles. The van der Waals surface area contributed by atoms with Crippen LogP contribution >= 0.6 is 0 Å². The van der Waals surface area contributed by atoms with Crippen molar-refractivity contribution in [3.63, 3.8) is 0 Å². The predicted octanol–water partition coefficient (Wildman–Crippen LogP) is 4.74. The molecule has 2 rings (SSSR count). The number of hydrogen-bond donors (Lipinski definition) is 1. The van der Waals surface area contributed by atoms with E-state index in [1.807, 2.05) is 13.0 Å². The van der Waals surface area contributed by atoms with Crippen LogP contribution in [-0.4, -0.2) is 46.7 Å². The summed E-state index contributed by atoms with van der Waals surface area (Å²) in [7, 11) is 0. The van der Waals surface area contributed by atoms with Crippen LogP contribution in [0.1, 0.15) is 72.6 Å². The number of nitrogens with zero attached hydrogens (tertiary/aromatic N) is 1. The van der Waals surface area contributed by atoms with Crippen LogP contribution in [0.2, 0.25) is 0 Å². The van der Waals surface area contributed by atoms with Gasteiger partial charge >= 0.3 is 11.9 Å². The monoisotopic (exact) mass is 471 g/mol. The maximum atomic E-state index is 12.1.